The van der Waals surface area contributed by atoms with Gasteiger partial charge in [-0.15, -0.1) is 11.8 Å². The zero-order chi connectivity index (χ0) is 20.5. The van der Waals surface area contributed by atoms with Crippen LogP contribution in [0.25, 0.3) is 0 Å². The van der Waals surface area contributed by atoms with E-state index in [0.717, 1.165) is 16.8 Å². The van der Waals surface area contributed by atoms with Gasteiger partial charge in [-0.05, 0) is 49.2 Å². The van der Waals surface area contributed by atoms with E-state index in [1.807, 2.05) is 50.2 Å². The highest BCUT2D eigenvalue weighted by molar-refractivity contribution is 8.00. The zero-order valence-electron chi connectivity index (χ0n) is 16.6. The average Bonchev–Trinajstić information content (AvgIpc) is 2.67. The molecule has 2 aromatic rings. The van der Waals surface area contributed by atoms with Crippen molar-refractivity contribution < 1.29 is 19.1 Å². The molecule has 28 heavy (non-hydrogen) atoms. The van der Waals surface area contributed by atoms with Gasteiger partial charge >= 0.3 is 0 Å². The summed E-state index contributed by atoms with van der Waals surface area (Å²) in [7, 11) is 3.15. The van der Waals surface area contributed by atoms with E-state index < -0.39 is 0 Å². The van der Waals surface area contributed by atoms with Crippen LogP contribution in [0.4, 0.5) is 5.69 Å². The number of hydrogen-bond acceptors (Lipinski definition) is 5. The Morgan fingerprint density at radius 2 is 1.71 bits per heavy atom. The highest BCUT2D eigenvalue weighted by Gasteiger charge is 2.13. The largest absolute Gasteiger partial charge is 0.493 e. The monoisotopic (exact) mass is 402 g/mol. The lowest BCUT2D eigenvalue weighted by molar-refractivity contribution is -0.119. The molecule has 0 radical (unpaired) electrons. The van der Waals surface area contributed by atoms with E-state index in [4.69, 9.17) is 9.47 Å². The molecule has 0 aliphatic heterocycles. The molecule has 1 atom stereocenters. The molecular weight excluding hydrogens is 376 g/mol. The number of hydrogen-bond donors (Lipinski definition) is 2. The predicted molar refractivity (Wildman–Crippen MR) is 113 cm³/mol. The first-order chi connectivity index (χ1) is 13.4. The normalized spacial score (nSPS) is 11.4. The number of methoxy groups -OCH3 is 2. The molecule has 0 aromatic heterocycles. The number of ether oxygens (including phenoxy) is 2. The molecule has 6 nitrogen and oxygen atoms in total. The number of amides is 2. The van der Waals surface area contributed by atoms with Crippen molar-refractivity contribution in [2.45, 2.75) is 19.9 Å². The van der Waals surface area contributed by atoms with Crippen LogP contribution >= 0.6 is 11.8 Å². The zero-order valence-corrected chi connectivity index (χ0v) is 17.4. The van der Waals surface area contributed by atoms with Gasteiger partial charge in [-0.1, -0.05) is 18.2 Å². The molecule has 2 aromatic carbocycles. The lowest BCUT2D eigenvalue weighted by Gasteiger charge is -2.16. The highest BCUT2D eigenvalue weighted by atomic mass is 32.2. The van der Waals surface area contributed by atoms with Crippen molar-refractivity contribution in [1.82, 2.24) is 5.32 Å². The molecule has 0 heterocycles. The summed E-state index contributed by atoms with van der Waals surface area (Å²) in [5, 5.41) is 5.76. The molecule has 0 saturated heterocycles. The van der Waals surface area contributed by atoms with Crippen molar-refractivity contribution in [3.05, 3.63) is 53.6 Å². The van der Waals surface area contributed by atoms with Crippen LogP contribution in [0.5, 0.6) is 11.5 Å². The molecule has 0 fully saturated rings. The second-order valence-electron chi connectivity index (χ2n) is 6.31. The number of anilines is 1. The predicted octanol–water partition coefficient (Wildman–Crippen LogP) is 3.56. The van der Waals surface area contributed by atoms with Crippen LogP contribution in [0.1, 0.15) is 24.1 Å². The molecule has 0 aliphatic carbocycles. The Hall–Kier alpha value is -2.67. The third kappa shape index (κ3) is 6.49. The Bertz CT molecular complexity index is 826. The standard InChI is InChI=1S/C21H26N2O4S/c1-14-6-5-7-17(10-14)23-21(25)13-28-12-20(24)22-15(2)16-8-9-18(26-3)19(11-16)27-4/h5-11,15H,12-13H2,1-4H3,(H,22,24)(H,23,25). The number of benzene rings is 2. The molecule has 150 valence electrons. The summed E-state index contributed by atoms with van der Waals surface area (Å²) < 4.78 is 10.5. The van der Waals surface area contributed by atoms with E-state index in [1.165, 1.54) is 11.8 Å². The Morgan fingerprint density at radius 3 is 2.39 bits per heavy atom. The summed E-state index contributed by atoms with van der Waals surface area (Å²) in [5.74, 6) is 1.42. The molecule has 1 unspecified atom stereocenters. The van der Waals surface area contributed by atoms with E-state index in [1.54, 1.807) is 20.3 Å². The Labute approximate surface area is 170 Å². The summed E-state index contributed by atoms with van der Waals surface area (Å²) in [4.78, 5) is 24.2. The summed E-state index contributed by atoms with van der Waals surface area (Å²) in [6, 6.07) is 12.9. The number of carbonyl (C=O) groups excluding carboxylic acids is 2. The molecule has 7 heteroatoms. The maximum Gasteiger partial charge on any atom is 0.234 e. The van der Waals surface area contributed by atoms with Crippen LogP contribution in [-0.4, -0.2) is 37.5 Å². The second-order valence-corrected chi connectivity index (χ2v) is 7.30. The first kappa shape index (κ1) is 21.6. The van der Waals surface area contributed by atoms with Gasteiger partial charge in [0.15, 0.2) is 11.5 Å². The van der Waals surface area contributed by atoms with Crippen LogP contribution in [0.2, 0.25) is 0 Å². The SMILES string of the molecule is COc1ccc(C(C)NC(=O)CSCC(=O)Nc2cccc(C)c2)cc1OC. The van der Waals surface area contributed by atoms with Gasteiger partial charge in [0, 0.05) is 5.69 Å². The average molecular weight is 403 g/mol. The van der Waals surface area contributed by atoms with Crippen LogP contribution in [0.3, 0.4) is 0 Å². The topological polar surface area (TPSA) is 76.7 Å². The number of thioether (sulfide) groups is 1. The first-order valence-electron chi connectivity index (χ1n) is 8.88. The van der Waals surface area contributed by atoms with Crippen molar-refractivity contribution in [3.63, 3.8) is 0 Å². The summed E-state index contributed by atoms with van der Waals surface area (Å²) >= 11 is 1.28. The summed E-state index contributed by atoms with van der Waals surface area (Å²) in [5.41, 5.74) is 2.75. The third-order valence-corrected chi connectivity index (χ3v) is 4.99. The highest BCUT2D eigenvalue weighted by Crippen LogP contribution is 2.29. The smallest absolute Gasteiger partial charge is 0.234 e. The molecule has 0 saturated carbocycles. The maximum absolute atomic E-state index is 12.2. The molecule has 0 spiro atoms. The second kappa shape index (κ2) is 10.6. The molecule has 2 rings (SSSR count). The number of rotatable bonds is 9. The molecule has 0 aliphatic rings. The molecular formula is C21H26N2O4S. The fraction of sp³-hybridized carbons (Fsp3) is 0.333. The van der Waals surface area contributed by atoms with E-state index >= 15 is 0 Å². The van der Waals surface area contributed by atoms with E-state index in [9.17, 15) is 9.59 Å². The van der Waals surface area contributed by atoms with Crippen LogP contribution in [0, 0.1) is 6.92 Å². The molecule has 2 amide bonds. The van der Waals surface area contributed by atoms with Crippen LogP contribution < -0.4 is 20.1 Å². The lowest BCUT2D eigenvalue weighted by atomic mass is 10.1. The van der Waals surface area contributed by atoms with Gasteiger partial charge in [0.05, 0.1) is 31.8 Å². The quantitative estimate of drug-likeness (QED) is 0.671. The molecule has 0 bridgehead atoms. The molecule has 2 N–H and O–H groups in total. The van der Waals surface area contributed by atoms with Gasteiger partial charge in [-0.2, -0.15) is 0 Å². The van der Waals surface area contributed by atoms with E-state index in [0.29, 0.717) is 11.5 Å². The minimum absolute atomic E-state index is 0.128. The third-order valence-electron chi connectivity index (χ3n) is 4.05. The minimum Gasteiger partial charge on any atom is -0.493 e. The summed E-state index contributed by atoms with van der Waals surface area (Å²) in [6.07, 6.45) is 0. The Kier molecular flexibility index (Phi) is 8.19. The lowest BCUT2D eigenvalue weighted by Crippen LogP contribution is -2.28. The van der Waals surface area contributed by atoms with Gasteiger partial charge < -0.3 is 20.1 Å². The van der Waals surface area contributed by atoms with Gasteiger partial charge in [-0.3, -0.25) is 9.59 Å². The van der Waals surface area contributed by atoms with E-state index in [2.05, 4.69) is 10.6 Å². The van der Waals surface area contributed by atoms with E-state index in [-0.39, 0.29) is 29.4 Å². The Morgan fingerprint density at radius 1 is 1.00 bits per heavy atom. The fourth-order valence-corrected chi connectivity index (χ4v) is 3.27. The van der Waals surface area contributed by atoms with Gasteiger partial charge in [0.25, 0.3) is 0 Å². The van der Waals surface area contributed by atoms with Gasteiger partial charge in [0.1, 0.15) is 0 Å². The van der Waals surface area contributed by atoms with Crippen molar-refractivity contribution in [1.29, 1.82) is 0 Å². The maximum atomic E-state index is 12.2. The van der Waals surface area contributed by atoms with Crippen LogP contribution in [0.15, 0.2) is 42.5 Å². The summed E-state index contributed by atoms with van der Waals surface area (Å²) in [6.45, 7) is 3.86. The first-order valence-corrected chi connectivity index (χ1v) is 10.0. The minimum atomic E-state index is -0.186. The Balaban J connectivity index is 1.78. The van der Waals surface area contributed by atoms with Crippen molar-refractivity contribution in [3.8, 4) is 11.5 Å². The van der Waals surface area contributed by atoms with Crippen molar-refractivity contribution >= 4 is 29.3 Å². The van der Waals surface area contributed by atoms with Crippen LogP contribution in [-0.2, 0) is 9.59 Å². The van der Waals surface area contributed by atoms with Crippen molar-refractivity contribution in [2.75, 3.05) is 31.0 Å². The number of nitrogens with one attached hydrogen (secondary N) is 2. The van der Waals surface area contributed by atoms with Crippen molar-refractivity contribution in [2.24, 2.45) is 0 Å². The van der Waals surface area contributed by atoms with Gasteiger partial charge in [0.2, 0.25) is 11.8 Å². The number of aryl methyl sites for hydroxylation is 1. The number of carbonyl (C=O) groups is 2. The van der Waals surface area contributed by atoms with Gasteiger partial charge in [-0.25, -0.2) is 0 Å². The fourth-order valence-electron chi connectivity index (χ4n) is 2.64.